The molecule has 4 N–H and O–H groups in total. The molecule has 0 spiro atoms. The van der Waals surface area contributed by atoms with Crippen LogP contribution in [0.25, 0.3) is 10.9 Å². The minimum absolute atomic E-state index is 0.369. The van der Waals surface area contributed by atoms with Gasteiger partial charge in [-0.2, -0.15) is 0 Å². The Morgan fingerprint density at radius 1 is 1.00 bits per heavy atom. The van der Waals surface area contributed by atoms with Crippen molar-refractivity contribution >= 4 is 51.7 Å². The molecule has 29 heavy (non-hydrogen) atoms. The molecule has 0 unspecified atom stereocenters. The van der Waals surface area contributed by atoms with Gasteiger partial charge in [0.05, 0.1) is 12.3 Å². The summed E-state index contributed by atoms with van der Waals surface area (Å²) in [4.78, 5) is 27.2. The predicted molar refractivity (Wildman–Crippen MR) is 117 cm³/mol. The van der Waals surface area contributed by atoms with Crippen LogP contribution >= 0.6 is 11.6 Å². The smallest absolute Gasteiger partial charge is 0.411 e. The van der Waals surface area contributed by atoms with Crippen molar-refractivity contribution in [2.24, 2.45) is 0 Å². The number of halogens is 1. The molecule has 0 aliphatic heterocycles. The lowest BCUT2D eigenvalue weighted by atomic mass is 10.2. The van der Waals surface area contributed by atoms with Gasteiger partial charge in [-0.3, -0.25) is 5.32 Å². The zero-order chi connectivity index (χ0) is 20.6. The van der Waals surface area contributed by atoms with E-state index in [1.165, 1.54) is 0 Å². The number of hydrogen-bond donors (Lipinski definition) is 4. The largest absolute Gasteiger partial charge is 0.449 e. The molecule has 0 bridgehead atoms. The maximum absolute atomic E-state index is 12.2. The molecule has 0 aliphatic carbocycles. The van der Waals surface area contributed by atoms with Crippen LogP contribution in [0, 0.1) is 0 Å². The van der Waals surface area contributed by atoms with Gasteiger partial charge in [-0.25, -0.2) is 9.59 Å². The second-order valence-electron chi connectivity index (χ2n) is 6.52. The van der Waals surface area contributed by atoms with Gasteiger partial charge in [0.25, 0.3) is 0 Å². The average molecular weight is 415 g/mol. The molecule has 0 saturated heterocycles. The zero-order valence-electron chi connectivity index (χ0n) is 16.0. The van der Waals surface area contributed by atoms with Gasteiger partial charge in [0, 0.05) is 33.5 Å². The monoisotopic (exact) mass is 414 g/mol. The molecule has 1 heterocycles. The lowest BCUT2D eigenvalue weighted by Gasteiger charge is -2.08. The molecule has 3 amide bonds. The molecule has 7 nitrogen and oxygen atoms in total. The number of ether oxygens (including phenoxy) is 1. The molecule has 0 atom stereocenters. The third-order valence-corrected chi connectivity index (χ3v) is 4.51. The number of anilines is 3. The number of amides is 3. The molecular formula is C21H23ClN4O3. The molecular weight excluding hydrogens is 392 g/mol. The van der Waals surface area contributed by atoms with E-state index in [1.54, 1.807) is 42.6 Å². The minimum atomic E-state index is -0.479. The van der Waals surface area contributed by atoms with Crippen molar-refractivity contribution in [2.45, 2.75) is 26.2 Å². The minimum Gasteiger partial charge on any atom is -0.449 e. The standard InChI is InChI=1S/C21H23ClN4O3/c1-2-3-4-11-29-21(28)25-16-9-10-17-18(12-16)23-13-19(17)26-20(27)24-15-7-5-14(22)6-8-15/h5-10,12-13,23H,2-4,11H2,1H3,(H,25,28)(H2,24,26,27). The topological polar surface area (TPSA) is 95.2 Å². The summed E-state index contributed by atoms with van der Waals surface area (Å²) in [6.45, 7) is 2.50. The van der Waals surface area contributed by atoms with E-state index in [0.717, 1.165) is 30.2 Å². The third kappa shape index (κ3) is 5.89. The third-order valence-electron chi connectivity index (χ3n) is 4.26. The lowest BCUT2D eigenvalue weighted by molar-refractivity contribution is 0.159. The lowest BCUT2D eigenvalue weighted by Crippen LogP contribution is -2.19. The number of fused-ring (bicyclic) bond motifs is 1. The highest BCUT2D eigenvalue weighted by atomic mass is 35.5. The number of carbonyl (C=O) groups excluding carboxylic acids is 2. The van der Waals surface area contributed by atoms with E-state index in [0.29, 0.717) is 28.7 Å². The summed E-state index contributed by atoms with van der Waals surface area (Å²) < 4.78 is 5.15. The summed E-state index contributed by atoms with van der Waals surface area (Å²) in [7, 11) is 0. The molecule has 0 fully saturated rings. The van der Waals surface area contributed by atoms with Crippen LogP contribution in [0.15, 0.2) is 48.7 Å². The molecule has 0 radical (unpaired) electrons. The molecule has 0 saturated carbocycles. The first kappa shape index (κ1) is 20.5. The quantitative estimate of drug-likeness (QED) is 0.346. The first-order valence-corrected chi connectivity index (χ1v) is 9.81. The Morgan fingerprint density at radius 3 is 2.52 bits per heavy atom. The van der Waals surface area contributed by atoms with Crippen molar-refractivity contribution < 1.29 is 14.3 Å². The second-order valence-corrected chi connectivity index (χ2v) is 6.95. The van der Waals surface area contributed by atoms with Gasteiger partial charge in [-0.05, 0) is 48.9 Å². The Bertz CT molecular complexity index is 985. The van der Waals surface area contributed by atoms with Crippen molar-refractivity contribution in [1.29, 1.82) is 0 Å². The highest BCUT2D eigenvalue weighted by molar-refractivity contribution is 6.30. The normalized spacial score (nSPS) is 10.6. The van der Waals surface area contributed by atoms with Crippen LogP contribution in [0.3, 0.4) is 0 Å². The van der Waals surface area contributed by atoms with Crippen LogP contribution < -0.4 is 16.0 Å². The number of carbonyl (C=O) groups is 2. The fraction of sp³-hybridized carbons (Fsp3) is 0.238. The molecule has 3 rings (SSSR count). The summed E-state index contributed by atoms with van der Waals surface area (Å²) in [5, 5.41) is 9.67. The molecule has 8 heteroatoms. The zero-order valence-corrected chi connectivity index (χ0v) is 16.8. The van der Waals surface area contributed by atoms with Crippen LogP contribution in [0.4, 0.5) is 26.7 Å². The average Bonchev–Trinajstić information content (AvgIpc) is 3.09. The van der Waals surface area contributed by atoms with E-state index in [4.69, 9.17) is 16.3 Å². The highest BCUT2D eigenvalue weighted by Gasteiger charge is 2.10. The van der Waals surface area contributed by atoms with E-state index >= 15 is 0 Å². The van der Waals surface area contributed by atoms with Crippen LogP contribution in [0.5, 0.6) is 0 Å². The Balaban J connectivity index is 1.59. The highest BCUT2D eigenvalue weighted by Crippen LogP contribution is 2.26. The van der Waals surface area contributed by atoms with Gasteiger partial charge in [-0.15, -0.1) is 0 Å². The number of unbranched alkanes of at least 4 members (excludes halogenated alkanes) is 2. The predicted octanol–water partition coefficient (Wildman–Crippen LogP) is 6.20. The molecule has 0 aliphatic rings. The first-order valence-electron chi connectivity index (χ1n) is 9.43. The fourth-order valence-corrected chi connectivity index (χ4v) is 2.92. The molecule has 2 aromatic carbocycles. The Kier molecular flexibility index (Phi) is 6.97. The number of benzene rings is 2. The SMILES string of the molecule is CCCCCOC(=O)Nc1ccc2c(NC(=O)Nc3ccc(Cl)cc3)c[nH]c2c1. The molecule has 3 aromatic rings. The van der Waals surface area contributed by atoms with Crippen LogP contribution in [-0.2, 0) is 4.74 Å². The Hall–Kier alpha value is -3.19. The van der Waals surface area contributed by atoms with Gasteiger partial charge in [-0.1, -0.05) is 31.4 Å². The number of aromatic amines is 1. The van der Waals surface area contributed by atoms with Gasteiger partial charge >= 0.3 is 12.1 Å². The van der Waals surface area contributed by atoms with Gasteiger partial charge in [0.2, 0.25) is 0 Å². The van der Waals surface area contributed by atoms with E-state index in [2.05, 4.69) is 27.9 Å². The number of urea groups is 1. The summed E-state index contributed by atoms with van der Waals surface area (Å²) in [5.74, 6) is 0. The number of hydrogen-bond acceptors (Lipinski definition) is 3. The van der Waals surface area contributed by atoms with Gasteiger partial charge < -0.3 is 20.4 Å². The maximum atomic E-state index is 12.2. The fourth-order valence-electron chi connectivity index (χ4n) is 2.80. The first-order chi connectivity index (χ1) is 14.0. The van der Waals surface area contributed by atoms with Crippen molar-refractivity contribution in [3.63, 3.8) is 0 Å². The maximum Gasteiger partial charge on any atom is 0.411 e. The van der Waals surface area contributed by atoms with E-state index in [-0.39, 0.29) is 6.03 Å². The number of nitrogens with one attached hydrogen (secondary N) is 4. The summed E-state index contributed by atoms with van der Waals surface area (Å²) >= 11 is 5.84. The number of H-pyrrole nitrogens is 1. The Morgan fingerprint density at radius 2 is 1.76 bits per heavy atom. The summed E-state index contributed by atoms with van der Waals surface area (Å²) in [5.41, 5.74) is 2.64. The number of aromatic nitrogens is 1. The molecule has 152 valence electrons. The second kappa shape index (κ2) is 9.84. The summed E-state index contributed by atoms with van der Waals surface area (Å²) in [6.07, 6.45) is 4.17. The van der Waals surface area contributed by atoms with Crippen molar-refractivity contribution in [3.05, 3.63) is 53.7 Å². The van der Waals surface area contributed by atoms with E-state index < -0.39 is 6.09 Å². The van der Waals surface area contributed by atoms with Crippen molar-refractivity contribution in [3.8, 4) is 0 Å². The van der Waals surface area contributed by atoms with Crippen molar-refractivity contribution in [2.75, 3.05) is 22.6 Å². The van der Waals surface area contributed by atoms with Gasteiger partial charge in [0.15, 0.2) is 0 Å². The summed E-state index contributed by atoms with van der Waals surface area (Å²) in [6, 6.07) is 11.8. The van der Waals surface area contributed by atoms with Crippen LogP contribution in [-0.4, -0.2) is 23.7 Å². The van der Waals surface area contributed by atoms with Gasteiger partial charge in [0.1, 0.15) is 0 Å². The van der Waals surface area contributed by atoms with Crippen LogP contribution in [0.1, 0.15) is 26.2 Å². The van der Waals surface area contributed by atoms with Crippen molar-refractivity contribution in [1.82, 2.24) is 4.98 Å². The Labute approximate surface area is 173 Å². The van der Waals surface area contributed by atoms with Crippen LogP contribution in [0.2, 0.25) is 5.02 Å². The molecule has 1 aromatic heterocycles. The van der Waals surface area contributed by atoms with E-state index in [9.17, 15) is 9.59 Å². The van der Waals surface area contributed by atoms with E-state index in [1.807, 2.05) is 6.07 Å². The number of rotatable bonds is 7.